The molecule has 2 radical (unpaired) electrons. The van der Waals surface area contributed by atoms with Crippen molar-refractivity contribution in [3.05, 3.63) is 12.2 Å². The summed E-state index contributed by atoms with van der Waals surface area (Å²) in [6, 6.07) is 0. The van der Waals surface area contributed by atoms with Crippen molar-refractivity contribution in [1.29, 1.82) is 0 Å². The number of allylic oxidation sites excluding steroid dienone is 1. The summed E-state index contributed by atoms with van der Waals surface area (Å²) in [6.07, 6.45) is 4.26. The van der Waals surface area contributed by atoms with Crippen LogP contribution in [0.4, 0.5) is 0 Å². The number of rotatable bonds is 2. The summed E-state index contributed by atoms with van der Waals surface area (Å²) in [7, 11) is 0. The molecule has 13 heavy (non-hydrogen) atoms. The SMILES string of the molecule is O=C(O)C1C=CCCC1C(=O)O.[Sr]. The number of carboxylic acids is 2. The number of carboxylic acid groups (broad SMARTS) is 2. The maximum Gasteiger partial charge on any atom is 0.311 e. The Hall–Kier alpha value is 0.161. The second-order valence-electron chi connectivity index (χ2n) is 2.81. The number of aliphatic carboxylic acids is 2. The molecule has 0 aliphatic heterocycles. The molecule has 4 nitrogen and oxygen atoms in total. The standard InChI is InChI=1S/C8H10O4.Sr/c9-7(10)5-3-1-2-4-6(5)8(11)12;/h1,3,5-6H,2,4H2,(H,9,10)(H,11,12);. The van der Waals surface area contributed by atoms with Gasteiger partial charge in [0.15, 0.2) is 0 Å². The van der Waals surface area contributed by atoms with Gasteiger partial charge in [-0.15, -0.1) is 0 Å². The molecule has 1 aliphatic rings. The first-order chi connectivity index (χ1) is 5.63. The van der Waals surface area contributed by atoms with E-state index in [2.05, 4.69) is 0 Å². The van der Waals surface area contributed by atoms with Gasteiger partial charge in [-0.2, -0.15) is 0 Å². The van der Waals surface area contributed by atoms with Crippen LogP contribution in [0.3, 0.4) is 0 Å². The molecule has 0 aromatic carbocycles. The topological polar surface area (TPSA) is 74.6 Å². The molecule has 0 bridgehead atoms. The van der Waals surface area contributed by atoms with Crippen LogP contribution < -0.4 is 0 Å². The summed E-state index contributed by atoms with van der Waals surface area (Å²) >= 11 is 0. The largest absolute Gasteiger partial charge is 0.481 e. The second-order valence-corrected chi connectivity index (χ2v) is 2.81. The maximum absolute atomic E-state index is 10.6. The van der Waals surface area contributed by atoms with Crippen molar-refractivity contribution in [2.24, 2.45) is 11.8 Å². The molecule has 2 N–H and O–H groups in total. The second kappa shape index (κ2) is 5.80. The molecule has 0 spiro atoms. The predicted octanol–water partition coefficient (Wildman–Crippen LogP) is 0.357. The molecule has 1 rings (SSSR count). The Morgan fingerprint density at radius 1 is 1.23 bits per heavy atom. The first kappa shape index (κ1) is 13.2. The monoisotopic (exact) mass is 258 g/mol. The van der Waals surface area contributed by atoms with Crippen molar-refractivity contribution >= 4 is 57.4 Å². The van der Waals surface area contributed by atoms with Crippen molar-refractivity contribution in [2.75, 3.05) is 0 Å². The van der Waals surface area contributed by atoms with Gasteiger partial charge in [0.1, 0.15) is 0 Å². The van der Waals surface area contributed by atoms with Gasteiger partial charge < -0.3 is 10.2 Å². The first-order valence-electron chi connectivity index (χ1n) is 3.75. The minimum atomic E-state index is -1.06. The zero-order valence-electron chi connectivity index (χ0n) is 7.14. The smallest absolute Gasteiger partial charge is 0.311 e. The average Bonchev–Trinajstić information content (AvgIpc) is 2.04. The van der Waals surface area contributed by atoms with E-state index in [1.165, 1.54) is 6.08 Å². The molecule has 0 saturated carbocycles. The maximum atomic E-state index is 10.6. The summed E-state index contributed by atoms with van der Waals surface area (Å²) < 4.78 is 0. The average molecular weight is 258 g/mol. The molecule has 68 valence electrons. The van der Waals surface area contributed by atoms with E-state index < -0.39 is 23.8 Å². The zero-order valence-corrected chi connectivity index (χ0v) is 10.6. The molecule has 0 fully saturated rings. The normalized spacial score (nSPS) is 26.2. The van der Waals surface area contributed by atoms with Crippen LogP contribution in [0, 0.1) is 11.8 Å². The van der Waals surface area contributed by atoms with Crippen LogP contribution in [-0.2, 0) is 9.59 Å². The van der Waals surface area contributed by atoms with Crippen molar-refractivity contribution in [1.82, 2.24) is 0 Å². The van der Waals surface area contributed by atoms with Crippen molar-refractivity contribution in [3.8, 4) is 0 Å². The Bertz CT molecular complexity index is 236. The van der Waals surface area contributed by atoms with E-state index in [1.54, 1.807) is 6.08 Å². The van der Waals surface area contributed by atoms with Gasteiger partial charge in [0.05, 0.1) is 11.8 Å². The van der Waals surface area contributed by atoms with E-state index in [0.717, 1.165) is 0 Å². The summed E-state index contributed by atoms with van der Waals surface area (Å²) in [5.74, 6) is -3.69. The van der Waals surface area contributed by atoms with Crippen LogP contribution in [0.15, 0.2) is 12.2 Å². The van der Waals surface area contributed by atoms with E-state index in [1.807, 2.05) is 0 Å². The third-order valence-corrected chi connectivity index (χ3v) is 2.02. The molecule has 0 heterocycles. The van der Waals surface area contributed by atoms with Crippen molar-refractivity contribution in [2.45, 2.75) is 12.8 Å². The molecule has 2 atom stereocenters. The van der Waals surface area contributed by atoms with Gasteiger partial charge in [0.25, 0.3) is 0 Å². The molecule has 2 unspecified atom stereocenters. The number of hydrogen-bond acceptors (Lipinski definition) is 2. The minimum Gasteiger partial charge on any atom is -0.481 e. The first-order valence-corrected chi connectivity index (χ1v) is 3.75. The fourth-order valence-electron chi connectivity index (χ4n) is 1.36. The van der Waals surface area contributed by atoms with Crippen LogP contribution in [0.2, 0.25) is 0 Å². The minimum absolute atomic E-state index is 0. The van der Waals surface area contributed by atoms with Crippen LogP contribution in [-0.4, -0.2) is 67.6 Å². The molecule has 0 aromatic rings. The van der Waals surface area contributed by atoms with E-state index in [-0.39, 0.29) is 45.5 Å². The Kier molecular flexibility index (Phi) is 5.87. The molecule has 0 aromatic heterocycles. The Labute approximate surface area is 113 Å². The Morgan fingerprint density at radius 3 is 2.23 bits per heavy atom. The number of carbonyl (C=O) groups is 2. The van der Waals surface area contributed by atoms with Gasteiger partial charge >= 0.3 is 11.9 Å². The molecule has 1 aliphatic carbocycles. The van der Waals surface area contributed by atoms with Crippen LogP contribution in [0.1, 0.15) is 12.8 Å². The zero-order chi connectivity index (χ0) is 9.14. The van der Waals surface area contributed by atoms with Crippen LogP contribution in [0.25, 0.3) is 0 Å². The van der Waals surface area contributed by atoms with E-state index in [9.17, 15) is 9.59 Å². The third-order valence-electron chi connectivity index (χ3n) is 2.02. The fourth-order valence-corrected chi connectivity index (χ4v) is 1.36. The summed E-state index contributed by atoms with van der Waals surface area (Å²) in [4.78, 5) is 21.1. The van der Waals surface area contributed by atoms with Crippen molar-refractivity contribution < 1.29 is 19.8 Å². The van der Waals surface area contributed by atoms with Crippen LogP contribution in [0.5, 0.6) is 0 Å². The van der Waals surface area contributed by atoms with Gasteiger partial charge in [-0.25, -0.2) is 0 Å². The fraction of sp³-hybridized carbons (Fsp3) is 0.500. The molecule has 0 saturated heterocycles. The predicted molar refractivity (Wildman–Crippen MR) is 46.4 cm³/mol. The molecular weight excluding hydrogens is 248 g/mol. The van der Waals surface area contributed by atoms with Crippen molar-refractivity contribution in [3.63, 3.8) is 0 Å². The Morgan fingerprint density at radius 2 is 1.85 bits per heavy atom. The molecular formula is C8H10O4Sr. The van der Waals surface area contributed by atoms with Crippen LogP contribution >= 0.6 is 0 Å². The third kappa shape index (κ3) is 3.42. The number of hydrogen-bond donors (Lipinski definition) is 2. The van der Waals surface area contributed by atoms with Gasteiger partial charge in [0, 0.05) is 45.5 Å². The summed E-state index contributed by atoms with van der Waals surface area (Å²) in [5, 5.41) is 17.3. The van der Waals surface area contributed by atoms with Gasteiger partial charge in [-0.3, -0.25) is 9.59 Å². The quantitative estimate of drug-likeness (QED) is 0.553. The van der Waals surface area contributed by atoms with E-state index in [4.69, 9.17) is 10.2 Å². The van der Waals surface area contributed by atoms with Gasteiger partial charge in [-0.05, 0) is 12.8 Å². The molecule has 5 heteroatoms. The molecule has 0 amide bonds. The summed E-state index contributed by atoms with van der Waals surface area (Å²) in [6.45, 7) is 0. The Balaban J connectivity index is 0.00000144. The van der Waals surface area contributed by atoms with E-state index >= 15 is 0 Å². The van der Waals surface area contributed by atoms with Gasteiger partial charge in [-0.1, -0.05) is 12.2 Å². The summed E-state index contributed by atoms with van der Waals surface area (Å²) in [5.41, 5.74) is 0. The van der Waals surface area contributed by atoms with Gasteiger partial charge in [0.2, 0.25) is 0 Å². The van der Waals surface area contributed by atoms with E-state index in [0.29, 0.717) is 12.8 Å².